The molecule has 110 valence electrons. The van der Waals surface area contributed by atoms with Crippen molar-refractivity contribution in [3.8, 4) is 0 Å². The van der Waals surface area contributed by atoms with Crippen molar-refractivity contribution in [3.05, 3.63) is 35.9 Å². The standard InChI is InChI=1S/C16H23ClN2O/c1-2-19-10-6-7-13(12-19)11-18-16(20)15(17)14-8-4-3-5-9-14/h3-5,8-9,13,15H,2,6-7,10-12H2,1H3,(H,18,20). The van der Waals surface area contributed by atoms with Crippen LogP contribution in [0.3, 0.4) is 0 Å². The van der Waals surface area contributed by atoms with Crippen LogP contribution < -0.4 is 5.32 Å². The Morgan fingerprint density at radius 1 is 1.45 bits per heavy atom. The SMILES string of the molecule is CCN1CCCC(CNC(=O)C(Cl)c2ccccc2)C1. The van der Waals surface area contributed by atoms with E-state index in [4.69, 9.17) is 11.6 Å². The Kier molecular flexibility index (Phi) is 5.86. The van der Waals surface area contributed by atoms with Crippen LogP contribution in [0.4, 0.5) is 0 Å². The number of halogens is 1. The number of alkyl halides is 1. The first-order chi connectivity index (χ1) is 9.70. The summed E-state index contributed by atoms with van der Waals surface area (Å²) in [5, 5.41) is 2.40. The van der Waals surface area contributed by atoms with Crippen molar-refractivity contribution >= 4 is 17.5 Å². The number of amides is 1. The molecule has 1 heterocycles. The fraction of sp³-hybridized carbons (Fsp3) is 0.562. The molecule has 1 aromatic rings. The Labute approximate surface area is 126 Å². The molecular formula is C16H23ClN2O. The van der Waals surface area contributed by atoms with Crippen LogP contribution in [-0.4, -0.2) is 37.0 Å². The summed E-state index contributed by atoms with van der Waals surface area (Å²) in [5.41, 5.74) is 0.852. The van der Waals surface area contributed by atoms with Gasteiger partial charge in [0.05, 0.1) is 0 Å². The third-order valence-electron chi connectivity index (χ3n) is 3.94. The second kappa shape index (κ2) is 7.65. The maximum atomic E-state index is 12.1. The molecule has 1 saturated heterocycles. The normalized spacial score (nSPS) is 21.4. The predicted molar refractivity (Wildman–Crippen MR) is 82.9 cm³/mol. The summed E-state index contributed by atoms with van der Waals surface area (Å²) in [6.45, 7) is 6.27. The van der Waals surface area contributed by atoms with Crippen LogP contribution in [-0.2, 0) is 4.79 Å². The highest BCUT2D eigenvalue weighted by Gasteiger charge is 2.21. The van der Waals surface area contributed by atoms with Crippen LogP contribution in [0.5, 0.6) is 0 Å². The van der Waals surface area contributed by atoms with Gasteiger partial charge in [0.15, 0.2) is 0 Å². The number of nitrogens with zero attached hydrogens (tertiary/aromatic N) is 1. The van der Waals surface area contributed by atoms with Gasteiger partial charge in [-0.2, -0.15) is 0 Å². The van der Waals surface area contributed by atoms with Gasteiger partial charge in [-0.1, -0.05) is 37.3 Å². The molecule has 1 aromatic carbocycles. The zero-order valence-electron chi connectivity index (χ0n) is 12.0. The van der Waals surface area contributed by atoms with Crippen molar-refractivity contribution in [3.63, 3.8) is 0 Å². The summed E-state index contributed by atoms with van der Waals surface area (Å²) >= 11 is 6.21. The third-order valence-corrected chi connectivity index (χ3v) is 4.39. The van der Waals surface area contributed by atoms with Gasteiger partial charge in [-0.15, -0.1) is 11.6 Å². The zero-order valence-corrected chi connectivity index (χ0v) is 12.8. The van der Waals surface area contributed by atoms with Crippen LogP contribution in [0.15, 0.2) is 30.3 Å². The number of hydrogen-bond acceptors (Lipinski definition) is 2. The monoisotopic (exact) mass is 294 g/mol. The molecule has 1 N–H and O–H groups in total. The maximum absolute atomic E-state index is 12.1. The first-order valence-corrected chi connectivity index (χ1v) is 7.83. The van der Waals surface area contributed by atoms with E-state index >= 15 is 0 Å². The highest BCUT2D eigenvalue weighted by molar-refractivity contribution is 6.30. The van der Waals surface area contributed by atoms with Crippen molar-refractivity contribution in [2.45, 2.75) is 25.1 Å². The topological polar surface area (TPSA) is 32.3 Å². The lowest BCUT2D eigenvalue weighted by Gasteiger charge is -2.32. The van der Waals surface area contributed by atoms with Gasteiger partial charge in [0.2, 0.25) is 5.91 Å². The van der Waals surface area contributed by atoms with E-state index in [9.17, 15) is 4.79 Å². The number of carbonyl (C=O) groups is 1. The molecule has 0 aliphatic carbocycles. The number of carbonyl (C=O) groups excluding carboxylic acids is 1. The molecular weight excluding hydrogens is 272 g/mol. The summed E-state index contributed by atoms with van der Waals surface area (Å²) in [5.74, 6) is 0.457. The van der Waals surface area contributed by atoms with Gasteiger partial charge in [0.1, 0.15) is 5.38 Å². The predicted octanol–water partition coefficient (Wildman–Crippen LogP) is 2.81. The highest BCUT2D eigenvalue weighted by atomic mass is 35.5. The molecule has 0 radical (unpaired) electrons. The van der Waals surface area contributed by atoms with E-state index in [2.05, 4.69) is 17.1 Å². The van der Waals surface area contributed by atoms with Crippen molar-refractivity contribution in [1.82, 2.24) is 10.2 Å². The van der Waals surface area contributed by atoms with Crippen molar-refractivity contribution < 1.29 is 4.79 Å². The first kappa shape index (κ1) is 15.3. The molecule has 1 fully saturated rings. The molecule has 1 amide bonds. The van der Waals surface area contributed by atoms with Crippen molar-refractivity contribution in [2.24, 2.45) is 5.92 Å². The van der Waals surface area contributed by atoms with E-state index in [1.54, 1.807) is 0 Å². The van der Waals surface area contributed by atoms with E-state index in [0.717, 1.165) is 25.2 Å². The number of hydrogen-bond donors (Lipinski definition) is 1. The Bertz CT molecular complexity index is 424. The number of rotatable bonds is 5. The largest absolute Gasteiger partial charge is 0.354 e. The Hall–Kier alpha value is -1.06. The van der Waals surface area contributed by atoms with Crippen LogP contribution in [0.25, 0.3) is 0 Å². The molecule has 4 heteroatoms. The van der Waals surface area contributed by atoms with Crippen LogP contribution in [0, 0.1) is 5.92 Å². The summed E-state index contributed by atoms with van der Waals surface area (Å²) in [7, 11) is 0. The third kappa shape index (κ3) is 4.22. The minimum absolute atomic E-state index is 0.0912. The molecule has 0 bridgehead atoms. The minimum atomic E-state index is -0.595. The average molecular weight is 295 g/mol. The van der Waals surface area contributed by atoms with Crippen LogP contribution >= 0.6 is 11.6 Å². The Balaban J connectivity index is 1.80. The second-order valence-electron chi connectivity index (χ2n) is 5.42. The molecule has 2 atom stereocenters. The lowest BCUT2D eigenvalue weighted by Crippen LogP contribution is -2.41. The van der Waals surface area contributed by atoms with E-state index in [-0.39, 0.29) is 5.91 Å². The lowest BCUT2D eigenvalue weighted by molar-refractivity contribution is -0.121. The van der Waals surface area contributed by atoms with Gasteiger partial charge in [0.25, 0.3) is 0 Å². The molecule has 20 heavy (non-hydrogen) atoms. The number of piperidine rings is 1. The first-order valence-electron chi connectivity index (χ1n) is 7.39. The fourth-order valence-corrected chi connectivity index (χ4v) is 2.94. The van der Waals surface area contributed by atoms with E-state index < -0.39 is 5.38 Å². The maximum Gasteiger partial charge on any atom is 0.242 e. The summed E-state index contributed by atoms with van der Waals surface area (Å²) < 4.78 is 0. The molecule has 1 aliphatic heterocycles. The Morgan fingerprint density at radius 2 is 2.20 bits per heavy atom. The molecule has 1 aliphatic rings. The molecule has 2 unspecified atom stereocenters. The lowest BCUT2D eigenvalue weighted by atomic mass is 9.98. The van der Waals surface area contributed by atoms with Gasteiger partial charge in [-0.05, 0) is 37.4 Å². The average Bonchev–Trinajstić information content (AvgIpc) is 2.53. The van der Waals surface area contributed by atoms with Crippen LogP contribution in [0.2, 0.25) is 0 Å². The summed E-state index contributed by atoms with van der Waals surface area (Å²) in [4.78, 5) is 14.5. The van der Waals surface area contributed by atoms with Gasteiger partial charge in [0, 0.05) is 13.1 Å². The highest BCUT2D eigenvalue weighted by Crippen LogP contribution is 2.21. The van der Waals surface area contributed by atoms with Crippen molar-refractivity contribution in [1.29, 1.82) is 0 Å². The molecule has 0 saturated carbocycles. The number of likely N-dealkylation sites (tertiary alicyclic amines) is 1. The van der Waals surface area contributed by atoms with Crippen molar-refractivity contribution in [2.75, 3.05) is 26.2 Å². The minimum Gasteiger partial charge on any atom is -0.354 e. The number of benzene rings is 1. The summed E-state index contributed by atoms with van der Waals surface area (Å²) in [6.07, 6.45) is 2.41. The quantitative estimate of drug-likeness (QED) is 0.847. The van der Waals surface area contributed by atoms with Gasteiger partial charge in [-0.25, -0.2) is 0 Å². The van der Waals surface area contributed by atoms with Gasteiger partial charge < -0.3 is 10.2 Å². The summed E-state index contributed by atoms with van der Waals surface area (Å²) in [6, 6.07) is 9.50. The second-order valence-corrected chi connectivity index (χ2v) is 5.86. The Morgan fingerprint density at radius 3 is 2.90 bits per heavy atom. The number of nitrogens with one attached hydrogen (secondary N) is 1. The van der Waals surface area contributed by atoms with E-state index in [1.165, 1.54) is 19.4 Å². The molecule has 0 aromatic heterocycles. The molecule has 0 spiro atoms. The molecule has 3 nitrogen and oxygen atoms in total. The van der Waals surface area contributed by atoms with Gasteiger partial charge >= 0.3 is 0 Å². The van der Waals surface area contributed by atoms with E-state index in [0.29, 0.717) is 5.92 Å². The van der Waals surface area contributed by atoms with E-state index in [1.807, 2.05) is 30.3 Å². The van der Waals surface area contributed by atoms with Gasteiger partial charge in [-0.3, -0.25) is 4.79 Å². The smallest absolute Gasteiger partial charge is 0.242 e. The van der Waals surface area contributed by atoms with Crippen LogP contribution in [0.1, 0.15) is 30.7 Å². The zero-order chi connectivity index (χ0) is 14.4. The fourth-order valence-electron chi connectivity index (χ4n) is 2.71. The molecule has 2 rings (SSSR count).